The fourth-order valence-electron chi connectivity index (χ4n) is 2.79. The molecule has 4 nitrogen and oxygen atoms in total. The molecule has 130 valence electrons. The van der Waals surface area contributed by atoms with Crippen molar-refractivity contribution >= 4 is 32.6 Å². The number of hydrogen-bond acceptors (Lipinski definition) is 4. The van der Waals surface area contributed by atoms with E-state index >= 15 is 0 Å². The van der Waals surface area contributed by atoms with Crippen molar-refractivity contribution in [3.8, 4) is 0 Å². The first-order valence-electron chi connectivity index (χ1n) is 8.39. The van der Waals surface area contributed by atoms with Crippen molar-refractivity contribution in [3.63, 3.8) is 0 Å². The fourth-order valence-corrected chi connectivity index (χ4v) is 3.75. The summed E-state index contributed by atoms with van der Waals surface area (Å²) < 4.78 is 6.53. The largest absolute Gasteiger partial charge is 0.467 e. The Hall–Kier alpha value is -2.92. The van der Waals surface area contributed by atoms with Gasteiger partial charge >= 0.3 is 0 Å². The molecule has 0 aliphatic rings. The highest BCUT2D eigenvalue weighted by Gasteiger charge is 2.23. The van der Waals surface area contributed by atoms with Crippen molar-refractivity contribution in [2.24, 2.45) is 0 Å². The molecule has 0 N–H and O–H groups in total. The number of aryl methyl sites for hydroxylation is 2. The Balaban J connectivity index is 1.76. The van der Waals surface area contributed by atoms with Gasteiger partial charge in [0.1, 0.15) is 5.76 Å². The summed E-state index contributed by atoms with van der Waals surface area (Å²) in [6, 6.07) is 17.4. The zero-order valence-electron chi connectivity index (χ0n) is 14.6. The number of fused-ring (bicyclic) bond motifs is 1. The standard InChI is InChI=1S/C21H18N2O2S/c1-14-9-10-16(12-15(14)2)20(24)23(13-17-6-5-11-25-17)21-22-18-7-3-4-8-19(18)26-21/h3-12H,13H2,1-2H3. The lowest BCUT2D eigenvalue weighted by atomic mass is 10.1. The third kappa shape index (κ3) is 3.13. The Morgan fingerprint density at radius 2 is 1.92 bits per heavy atom. The van der Waals surface area contributed by atoms with Crippen molar-refractivity contribution < 1.29 is 9.21 Å². The second kappa shape index (κ2) is 6.77. The van der Waals surface area contributed by atoms with Crippen LogP contribution in [0.2, 0.25) is 0 Å². The SMILES string of the molecule is Cc1ccc(C(=O)N(Cc2ccco2)c2nc3ccccc3s2)cc1C. The molecular formula is C21H18N2O2S. The average Bonchev–Trinajstić information content (AvgIpc) is 3.30. The summed E-state index contributed by atoms with van der Waals surface area (Å²) in [4.78, 5) is 19.6. The van der Waals surface area contributed by atoms with Crippen molar-refractivity contribution in [3.05, 3.63) is 83.3 Å². The Morgan fingerprint density at radius 3 is 2.65 bits per heavy atom. The van der Waals surface area contributed by atoms with Crippen LogP contribution in [0.15, 0.2) is 65.3 Å². The van der Waals surface area contributed by atoms with Crippen LogP contribution in [-0.4, -0.2) is 10.9 Å². The van der Waals surface area contributed by atoms with E-state index < -0.39 is 0 Å². The summed E-state index contributed by atoms with van der Waals surface area (Å²) >= 11 is 1.51. The van der Waals surface area contributed by atoms with Crippen LogP contribution >= 0.6 is 11.3 Å². The predicted octanol–water partition coefficient (Wildman–Crippen LogP) is 5.35. The molecule has 0 radical (unpaired) electrons. The summed E-state index contributed by atoms with van der Waals surface area (Å²) in [6.45, 7) is 4.40. The van der Waals surface area contributed by atoms with Gasteiger partial charge in [-0.05, 0) is 61.4 Å². The fraction of sp³-hybridized carbons (Fsp3) is 0.143. The maximum absolute atomic E-state index is 13.3. The first-order valence-corrected chi connectivity index (χ1v) is 9.20. The topological polar surface area (TPSA) is 46.3 Å². The molecule has 0 bridgehead atoms. The molecule has 0 fully saturated rings. The summed E-state index contributed by atoms with van der Waals surface area (Å²) in [5.74, 6) is 0.644. The van der Waals surface area contributed by atoms with Gasteiger partial charge in [0.25, 0.3) is 5.91 Å². The van der Waals surface area contributed by atoms with Gasteiger partial charge in [-0.3, -0.25) is 9.69 Å². The zero-order chi connectivity index (χ0) is 18.1. The Kier molecular flexibility index (Phi) is 4.31. The molecule has 1 amide bonds. The van der Waals surface area contributed by atoms with Crippen LogP contribution in [0.5, 0.6) is 0 Å². The number of nitrogens with zero attached hydrogens (tertiary/aromatic N) is 2. The molecule has 0 aliphatic heterocycles. The van der Waals surface area contributed by atoms with E-state index in [0.29, 0.717) is 17.2 Å². The van der Waals surface area contributed by atoms with Crippen LogP contribution in [0.3, 0.4) is 0 Å². The quantitative estimate of drug-likeness (QED) is 0.491. The monoisotopic (exact) mass is 362 g/mol. The normalized spacial score (nSPS) is 11.0. The highest BCUT2D eigenvalue weighted by atomic mass is 32.1. The average molecular weight is 362 g/mol. The van der Waals surface area contributed by atoms with Gasteiger partial charge in [-0.2, -0.15) is 0 Å². The Bertz CT molecular complexity index is 1030. The third-order valence-corrected chi connectivity index (χ3v) is 5.47. The molecular weight excluding hydrogens is 344 g/mol. The first-order chi connectivity index (χ1) is 12.6. The zero-order valence-corrected chi connectivity index (χ0v) is 15.4. The molecule has 0 unspecified atom stereocenters. The van der Waals surface area contributed by atoms with E-state index in [-0.39, 0.29) is 5.91 Å². The molecule has 0 saturated carbocycles. The number of carbonyl (C=O) groups excluding carboxylic acids is 1. The maximum Gasteiger partial charge on any atom is 0.260 e. The van der Waals surface area contributed by atoms with Crippen molar-refractivity contribution in [2.75, 3.05) is 4.90 Å². The summed E-state index contributed by atoms with van der Waals surface area (Å²) in [7, 11) is 0. The van der Waals surface area contributed by atoms with E-state index in [2.05, 4.69) is 4.98 Å². The van der Waals surface area contributed by atoms with Crippen LogP contribution in [0.25, 0.3) is 10.2 Å². The van der Waals surface area contributed by atoms with E-state index in [9.17, 15) is 4.79 Å². The maximum atomic E-state index is 13.3. The second-order valence-corrected chi connectivity index (χ2v) is 7.24. The lowest BCUT2D eigenvalue weighted by Crippen LogP contribution is -2.30. The molecule has 2 aromatic carbocycles. The van der Waals surface area contributed by atoms with E-state index in [0.717, 1.165) is 21.5 Å². The molecule has 4 aromatic rings. The third-order valence-electron chi connectivity index (χ3n) is 4.41. The molecule has 4 rings (SSSR count). The Labute approximate surface area is 155 Å². The number of furan rings is 1. The lowest BCUT2D eigenvalue weighted by molar-refractivity contribution is 0.0983. The second-order valence-electron chi connectivity index (χ2n) is 6.23. The number of amides is 1. The van der Waals surface area contributed by atoms with E-state index in [1.807, 2.05) is 68.4 Å². The number of rotatable bonds is 4. The summed E-state index contributed by atoms with van der Waals surface area (Å²) in [6.07, 6.45) is 1.62. The number of anilines is 1. The van der Waals surface area contributed by atoms with E-state index in [1.54, 1.807) is 11.2 Å². The molecule has 0 atom stereocenters. The molecule has 2 heterocycles. The van der Waals surface area contributed by atoms with Crippen molar-refractivity contribution in [1.29, 1.82) is 0 Å². The highest BCUT2D eigenvalue weighted by Crippen LogP contribution is 2.31. The minimum atomic E-state index is -0.0800. The molecule has 2 aromatic heterocycles. The number of thiazole rings is 1. The number of hydrogen-bond donors (Lipinski definition) is 0. The van der Waals surface area contributed by atoms with Crippen molar-refractivity contribution in [2.45, 2.75) is 20.4 Å². The van der Waals surface area contributed by atoms with Crippen LogP contribution in [0, 0.1) is 13.8 Å². The number of aromatic nitrogens is 1. The molecule has 0 aliphatic carbocycles. The van der Waals surface area contributed by atoms with Gasteiger partial charge in [-0.1, -0.05) is 29.5 Å². The highest BCUT2D eigenvalue weighted by molar-refractivity contribution is 7.22. The van der Waals surface area contributed by atoms with Gasteiger partial charge in [-0.15, -0.1) is 0 Å². The molecule has 0 saturated heterocycles. The van der Waals surface area contributed by atoms with Crippen molar-refractivity contribution in [1.82, 2.24) is 4.98 Å². The van der Waals surface area contributed by atoms with Crippen LogP contribution in [0.4, 0.5) is 5.13 Å². The number of carbonyl (C=O) groups is 1. The smallest absolute Gasteiger partial charge is 0.260 e. The van der Waals surface area contributed by atoms with Gasteiger partial charge in [0.2, 0.25) is 0 Å². The number of para-hydroxylation sites is 1. The van der Waals surface area contributed by atoms with Crippen LogP contribution in [-0.2, 0) is 6.54 Å². The van der Waals surface area contributed by atoms with Gasteiger partial charge in [0.15, 0.2) is 5.13 Å². The summed E-state index contributed by atoms with van der Waals surface area (Å²) in [5, 5.41) is 0.672. The van der Waals surface area contributed by atoms with Gasteiger partial charge < -0.3 is 4.42 Å². The van der Waals surface area contributed by atoms with E-state index in [1.165, 1.54) is 16.9 Å². The van der Waals surface area contributed by atoms with Gasteiger partial charge in [-0.25, -0.2) is 4.98 Å². The van der Waals surface area contributed by atoms with Gasteiger partial charge in [0.05, 0.1) is 23.0 Å². The number of benzene rings is 2. The molecule has 26 heavy (non-hydrogen) atoms. The van der Waals surface area contributed by atoms with Crippen LogP contribution < -0.4 is 4.90 Å². The van der Waals surface area contributed by atoms with Gasteiger partial charge in [0, 0.05) is 5.56 Å². The Morgan fingerprint density at radius 1 is 1.08 bits per heavy atom. The molecule has 5 heteroatoms. The minimum Gasteiger partial charge on any atom is -0.467 e. The lowest BCUT2D eigenvalue weighted by Gasteiger charge is -2.19. The van der Waals surface area contributed by atoms with E-state index in [4.69, 9.17) is 4.42 Å². The predicted molar refractivity (Wildman–Crippen MR) is 105 cm³/mol. The minimum absolute atomic E-state index is 0.0800. The molecule has 0 spiro atoms. The van der Waals surface area contributed by atoms with Crippen LogP contribution in [0.1, 0.15) is 27.2 Å². The summed E-state index contributed by atoms with van der Waals surface area (Å²) in [5.41, 5.74) is 3.81. The first kappa shape index (κ1) is 16.5.